The molecule has 1 heterocycles. The van der Waals surface area contributed by atoms with Crippen LogP contribution < -0.4 is 10.5 Å². The average Bonchev–Trinajstić information content (AvgIpc) is 2.95. The van der Waals surface area contributed by atoms with Crippen molar-refractivity contribution in [3.63, 3.8) is 0 Å². The molecule has 0 saturated heterocycles. The molecule has 4 N–H and O–H groups in total. The van der Waals surface area contributed by atoms with E-state index >= 15 is 0 Å². The van der Waals surface area contributed by atoms with Crippen molar-refractivity contribution >= 4 is 59.9 Å². The highest BCUT2D eigenvalue weighted by Gasteiger charge is 2.20. The Kier molecular flexibility index (Phi) is 5.04. The quantitative estimate of drug-likeness (QED) is 0.437. The first-order chi connectivity index (χ1) is 11.8. The van der Waals surface area contributed by atoms with Gasteiger partial charge < -0.3 is 14.9 Å². The van der Waals surface area contributed by atoms with E-state index in [2.05, 4.69) is 49.0 Å². The van der Waals surface area contributed by atoms with Gasteiger partial charge in [-0.3, -0.25) is 0 Å². The van der Waals surface area contributed by atoms with Gasteiger partial charge in [-0.05, 0) is 80.1 Å². The van der Waals surface area contributed by atoms with Crippen LogP contribution >= 0.6 is 38.5 Å². The molecule has 130 valence electrons. The third-order valence-electron chi connectivity index (χ3n) is 3.34. The largest absolute Gasteiger partial charge is 0.491 e. The Labute approximate surface area is 165 Å². The van der Waals surface area contributed by atoms with E-state index in [1.54, 1.807) is 0 Å². The summed E-state index contributed by atoms with van der Waals surface area (Å²) in [5.41, 5.74) is 1.97. The zero-order valence-electron chi connectivity index (χ0n) is 12.4. The number of rotatable bonds is 4. The number of aromatic hydroxyl groups is 1. The first-order valence-corrected chi connectivity index (χ1v) is 10.2. The van der Waals surface area contributed by atoms with Gasteiger partial charge in [0, 0.05) is 25.0 Å². The van der Waals surface area contributed by atoms with Gasteiger partial charge in [0.05, 0.1) is 10.5 Å². The molecule has 3 aromatic rings. The summed E-state index contributed by atoms with van der Waals surface area (Å²) in [5, 5.41) is 21.7. The fourth-order valence-electron chi connectivity index (χ4n) is 2.20. The Hall–Kier alpha value is -1.63. The van der Waals surface area contributed by atoms with Gasteiger partial charge in [-0.15, -0.1) is 0 Å². The zero-order valence-corrected chi connectivity index (χ0v) is 17.0. The molecule has 0 fully saturated rings. The molecule has 0 saturated carbocycles. The van der Waals surface area contributed by atoms with Crippen LogP contribution in [0.2, 0.25) is 0 Å². The lowest BCUT2D eigenvalue weighted by atomic mass is 10.1. The van der Waals surface area contributed by atoms with Crippen molar-refractivity contribution in [3.05, 3.63) is 50.7 Å². The minimum Gasteiger partial charge on any atom is -0.491 e. The number of aromatic nitrogens is 1. The van der Waals surface area contributed by atoms with Crippen molar-refractivity contribution in [2.24, 2.45) is 5.14 Å². The van der Waals surface area contributed by atoms with Crippen LogP contribution in [0.25, 0.3) is 11.1 Å². The Bertz CT molecular complexity index is 1040. The van der Waals surface area contributed by atoms with E-state index in [1.807, 2.05) is 24.3 Å². The highest BCUT2D eigenvalue weighted by Crippen LogP contribution is 2.39. The number of nitrogens with one attached hydrogen (secondary N) is 1. The van der Waals surface area contributed by atoms with Crippen LogP contribution in [-0.2, 0) is 10.0 Å². The summed E-state index contributed by atoms with van der Waals surface area (Å²) < 4.78 is 29.7. The molecule has 2 aromatic carbocycles. The minimum absolute atomic E-state index is 0.0831. The van der Waals surface area contributed by atoms with E-state index in [9.17, 15) is 13.5 Å². The molecule has 1 aromatic heterocycles. The molecule has 3 rings (SSSR count). The molecule has 10 heteroatoms. The SMILES string of the molecule is NS(=O)(=O)c1cc(Nc2ccc(I)cc2)c(-c2conc2O)cc1Br. The van der Waals surface area contributed by atoms with Crippen LogP contribution in [0, 0.1) is 3.57 Å². The number of benzene rings is 2. The molecule has 0 atom stereocenters. The monoisotopic (exact) mass is 535 g/mol. The first-order valence-electron chi connectivity index (χ1n) is 6.78. The van der Waals surface area contributed by atoms with Crippen LogP contribution in [0.1, 0.15) is 0 Å². The van der Waals surface area contributed by atoms with E-state index in [1.165, 1.54) is 18.4 Å². The van der Waals surface area contributed by atoms with Gasteiger partial charge in [-0.2, -0.15) is 0 Å². The number of nitrogens with two attached hydrogens (primary N) is 1. The summed E-state index contributed by atoms with van der Waals surface area (Å²) in [7, 11) is -3.94. The predicted octanol–water partition coefficient (Wildman–Crippen LogP) is 3.81. The summed E-state index contributed by atoms with van der Waals surface area (Å²) >= 11 is 5.39. The van der Waals surface area contributed by atoms with Gasteiger partial charge in [0.2, 0.25) is 10.0 Å². The number of hydrogen-bond acceptors (Lipinski definition) is 6. The number of hydrogen-bond donors (Lipinski definition) is 3. The van der Waals surface area contributed by atoms with Crippen LogP contribution in [0.4, 0.5) is 11.4 Å². The Morgan fingerprint density at radius 2 is 1.88 bits per heavy atom. The van der Waals surface area contributed by atoms with Gasteiger partial charge in [0.25, 0.3) is 5.88 Å². The van der Waals surface area contributed by atoms with Crippen molar-refractivity contribution in [3.8, 4) is 17.0 Å². The number of halogens is 2. The standard InChI is InChI=1S/C15H11BrIN3O4S/c16-12-5-10(11-7-24-20-15(11)21)13(6-14(12)25(18,22)23)19-9-3-1-8(17)2-4-9/h1-7,19H,(H,20,21)(H2,18,22,23). The highest BCUT2D eigenvalue weighted by molar-refractivity contribution is 14.1. The second-order valence-electron chi connectivity index (χ2n) is 5.06. The second-order valence-corrected chi connectivity index (χ2v) is 8.69. The molecule has 7 nitrogen and oxygen atoms in total. The average molecular weight is 536 g/mol. The second kappa shape index (κ2) is 6.94. The lowest BCUT2D eigenvalue weighted by Crippen LogP contribution is -2.13. The van der Waals surface area contributed by atoms with E-state index < -0.39 is 10.0 Å². The topological polar surface area (TPSA) is 118 Å². The van der Waals surface area contributed by atoms with Crippen LogP contribution in [0.15, 0.2) is 56.6 Å². The third-order valence-corrected chi connectivity index (χ3v) is 5.93. The maximum atomic E-state index is 11.8. The molecule has 0 aliphatic carbocycles. The number of primary sulfonamides is 1. The van der Waals surface area contributed by atoms with Gasteiger partial charge in [-0.25, -0.2) is 13.6 Å². The van der Waals surface area contributed by atoms with Crippen molar-refractivity contribution < 1.29 is 18.0 Å². The lowest BCUT2D eigenvalue weighted by Gasteiger charge is -2.14. The maximum Gasteiger partial charge on any atom is 0.259 e. The number of nitrogens with zero attached hydrogens (tertiary/aromatic N) is 1. The normalized spacial score (nSPS) is 11.5. The van der Waals surface area contributed by atoms with Gasteiger partial charge in [0.15, 0.2) is 0 Å². The molecule has 0 aliphatic rings. The number of sulfonamides is 1. The van der Waals surface area contributed by atoms with Crippen LogP contribution in [0.3, 0.4) is 0 Å². The lowest BCUT2D eigenvalue weighted by molar-refractivity contribution is 0.359. The summed E-state index contributed by atoms with van der Waals surface area (Å²) in [5.74, 6) is -0.305. The molecule has 0 bridgehead atoms. The molecule has 25 heavy (non-hydrogen) atoms. The van der Waals surface area contributed by atoms with E-state index in [-0.39, 0.29) is 15.2 Å². The van der Waals surface area contributed by atoms with Crippen molar-refractivity contribution in [1.29, 1.82) is 0 Å². The number of anilines is 2. The fraction of sp³-hybridized carbons (Fsp3) is 0. The van der Waals surface area contributed by atoms with E-state index in [0.717, 1.165) is 9.26 Å². The molecule has 0 aliphatic heterocycles. The molecule has 0 spiro atoms. The smallest absolute Gasteiger partial charge is 0.259 e. The van der Waals surface area contributed by atoms with Gasteiger partial charge in [0.1, 0.15) is 6.26 Å². The Morgan fingerprint density at radius 3 is 2.44 bits per heavy atom. The van der Waals surface area contributed by atoms with Crippen molar-refractivity contribution in [2.45, 2.75) is 4.90 Å². The van der Waals surface area contributed by atoms with Gasteiger partial charge in [-0.1, -0.05) is 0 Å². The van der Waals surface area contributed by atoms with Crippen LogP contribution in [-0.4, -0.2) is 18.7 Å². The summed E-state index contributed by atoms with van der Waals surface area (Å²) in [6.45, 7) is 0. The maximum absolute atomic E-state index is 11.8. The van der Waals surface area contributed by atoms with Crippen molar-refractivity contribution in [1.82, 2.24) is 5.16 Å². The highest BCUT2D eigenvalue weighted by atomic mass is 127. The predicted molar refractivity (Wildman–Crippen MR) is 105 cm³/mol. The van der Waals surface area contributed by atoms with Gasteiger partial charge >= 0.3 is 0 Å². The molecule has 0 unspecified atom stereocenters. The van der Waals surface area contributed by atoms with E-state index in [4.69, 9.17) is 9.66 Å². The molecular formula is C15H11BrIN3O4S. The van der Waals surface area contributed by atoms with Crippen LogP contribution in [0.5, 0.6) is 5.88 Å². The summed E-state index contributed by atoms with van der Waals surface area (Å²) in [4.78, 5) is -0.0831. The minimum atomic E-state index is -3.94. The molecule has 0 amide bonds. The third kappa shape index (κ3) is 3.97. The van der Waals surface area contributed by atoms with E-state index in [0.29, 0.717) is 16.8 Å². The zero-order chi connectivity index (χ0) is 18.2. The van der Waals surface area contributed by atoms with Crippen molar-refractivity contribution in [2.75, 3.05) is 5.32 Å². The molecular weight excluding hydrogens is 525 g/mol. The summed E-state index contributed by atoms with van der Waals surface area (Å²) in [6, 6.07) is 10.4. The Morgan fingerprint density at radius 1 is 1.20 bits per heavy atom. The summed E-state index contributed by atoms with van der Waals surface area (Å²) in [6.07, 6.45) is 1.27. The Balaban J connectivity index is 2.18. The fourth-order valence-corrected chi connectivity index (χ4v) is 4.19. The molecule has 0 radical (unpaired) electrons. The first kappa shape index (κ1) is 18.2.